The van der Waals surface area contributed by atoms with Gasteiger partial charge in [0.1, 0.15) is 0 Å². The molecule has 2 heterocycles. The number of aromatic nitrogens is 1. The van der Waals surface area contributed by atoms with E-state index in [0.29, 0.717) is 18.6 Å². The first kappa shape index (κ1) is 23.3. The maximum atomic E-state index is 12.3. The largest absolute Gasteiger partial charge is 0.357 e. The van der Waals surface area contributed by atoms with Gasteiger partial charge in [-0.25, -0.2) is 13.1 Å². The Morgan fingerprint density at radius 3 is 2.68 bits per heavy atom. The molecule has 31 heavy (non-hydrogen) atoms. The molecule has 0 saturated carbocycles. The van der Waals surface area contributed by atoms with E-state index in [1.807, 2.05) is 13.0 Å². The zero-order valence-corrected chi connectivity index (χ0v) is 19.4. The van der Waals surface area contributed by atoms with Crippen LogP contribution in [0.3, 0.4) is 0 Å². The van der Waals surface area contributed by atoms with Crippen molar-refractivity contribution in [1.82, 2.24) is 24.8 Å². The van der Waals surface area contributed by atoms with Crippen molar-refractivity contribution in [1.29, 1.82) is 0 Å². The van der Waals surface area contributed by atoms with E-state index >= 15 is 0 Å². The van der Waals surface area contributed by atoms with Gasteiger partial charge in [0.15, 0.2) is 5.96 Å². The van der Waals surface area contributed by atoms with Crippen LogP contribution < -0.4 is 15.4 Å². The van der Waals surface area contributed by atoms with Crippen LogP contribution in [0.15, 0.2) is 58.7 Å². The second-order valence-electron chi connectivity index (χ2n) is 8.01. The second kappa shape index (κ2) is 10.8. The van der Waals surface area contributed by atoms with Crippen molar-refractivity contribution < 1.29 is 8.42 Å². The molecule has 2 atom stereocenters. The monoisotopic (exact) mass is 446 g/mol. The first-order chi connectivity index (χ1) is 14.9. The van der Waals surface area contributed by atoms with Crippen molar-refractivity contribution in [2.24, 2.45) is 12.0 Å². The van der Waals surface area contributed by atoms with Crippen molar-refractivity contribution in [2.75, 3.05) is 26.2 Å². The third kappa shape index (κ3) is 6.81. The molecular formula is C22H34N6O2S. The summed E-state index contributed by atoms with van der Waals surface area (Å²) < 4.78 is 28.9. The number of aliphatic imine (C=N–C) groups is 1. The van der Waals surface area contributed by atoms with Gasteiger partial charge >= 0.3 is 0 Å². The molecule has 1 aliphatic rings. The third-order valence-electron chi connectivity index (χ3n) is 5.41. The lowest BCUT2D eigenvalue weighted by molar-refractivity contribution is 0.258. The van der Waals surface area contributed by atoms with Gasteiger partial charge in [0, 0.05) is 57.7 Å². The normalized spacial score (nSPS) is 20.2. The van der Waals surface area contributed by atoms with Gasteiger partial charge in [-0.3, -0.25) is 9.89 Å². The molecule has 0 aliphatic carbocycles. The van der Waals surface area contributed by atoms with Crippen LogP contribution in [0.1, 0.15) is 25.8 Å². The van der Waals surface area contributed by atoms with Gasteiger partial charge in [-0.05, 0) is 31.9 Å². The Morgan fingerprint density at radius 1 is 1.23 bits per heavy atom. The topological polar surface area (TPSA) is 90.8 Å². The maximum absolute atomic E-state index is 12.3. The number of hydrogen-bond donors (Lipinski definition) is 3. The van der Waals surface area contributed by atoms with Gasteiger partial charge in [0.05, 0.1) is 11.4 Å². The van der Waals surface area contributed by atoms with Crippen LogP contribution in [0, 0.1) is 0 Å². The Balaban J connectivity index is 1.50. The highest BCUT2D eigenvalue weighted by Crippen LogP contribution is 2.20. The van der Waals surface area contributed by atoms with Gasteiger partial charge in [0.2, 0.25) is 10.0 Å². The Bertz CT molecular complexity index is 957. The van der Waals surface area contributed by atoms with E-state index in [1.165, 1.54) is 5.56 Å². The summed E-state index contributed by atoms with van der Waals surface area (Å²) >= 11 is 0. The van der Waals surface area contributed by atoms with Crippen LogP contribution in [-0.4, -0.2) is 62.1 Å². The smallest absolute Gasteiger partial charge is 0.242 e. The fourth-order valence-corrected chi connectivity index (χ4v) is 4.89. The van der Waals surface area contributed by atoms with E-state index < -0.39 is 10.0 Å². The summed E-state index contributed by atoms with van der Waals surface area (Å²) in [5, 5.41) is 6.77. The highest BCUT2D eigenvalue weighted by Gasteiger charge is 2.29. The van der Waals surface area contributed by atoms with E-state index in [2.05, 4.69) is 56.4 Å². The first-order valence-electron chi connectivity index (χ1n) is 10.8. The molecule has 0 spiro atoms. The number of likely N-dealkylation sites (tertiary alicyclic amines) is 1. The van der Waals surface area contributed by atoms with Crippen LogP contribution >= 0.6 is 0 Å². The number of sulfonamides is 1. The molecule has 1 aromatic carbocycles. The van der Waals surface area contributed by atoms with Crippen molar-refractivity contribution in [3.63, 3.8) is 0 Å². The van der Waals surface area contributed by atoms with Crippen molar-refractivity contribution >= 4 is 16.0 Å². The summed E-state index contributed by atoms with van der Waals surface area (Å²) in [7, 11) is -1.71. The molecular weight excluding hydrogens is 412 g/mol. The molecule has 1 fully saturated rings. The molecule has 1 aromatic heterocycles. The van der Waals surface area contributed by atoms with Gasteiger partial charge in [-0.1, -0.05) is 30.3 Å². The summed E-state index contributed by atoms with van der Waals surface area (Å²) in [6.45, 7) is 7.52. The predicted octanol–water partition coefficient (Wildman–Crippen LogP) is 1.52. The number of guanidine groups is 1. The van der Waals surface area contributed by atoms with E-state index in [-0.39, 0.29) is 11.4 Å². The van der Waals surface area contributed by atoms with Crippen LogP contribution in [0.25, 0.3) is 0 Å². The fourth-order valence-electron chi connectivity index (χ4n) is 3.82. The summed E-state index contributed by atoms with van der Waals surface area (Å²) in [6.07, 6.45) is 4.33. The molecule has 0 amide bonds. The Kier molecular flexibility index (Phi) is 8.11. The lowest BCUT2D eigenvalue weighted by atomic mass is 10.2. The Hall–Kier alpha value is -2.36. The standard InChI is InChI=1S/C22H34N6O2S/c1-4-23-22(24-11-12-25-31(29,30)21-10-13-27(3)17-21)26-20-14-18(2)28(16-20)15-19-8-6-5-7-9-19/h5-10,13,17-18,20,25H,4,11-12,14-16H2,1-3H3,(H2,23,24,26). The van der Waals surface area contributed by atoms with E-state index in [9.17, 15) is 8.42 Å². The molecule has 3 rings (SSSR count). The molecule has 2 aromatic rings. The van der Waals surface area contributed by atoms with E-state index in [1.54, 1.807) is 30.1 Å². The number of nitrogens with one attached hydrogen (secondary N) is 3. The molecule has 1 aliphatic heterocycles. The van der Waals surface area contributed by atoms with Crippen molar-refractivity contribution in [3.8, 4) is 0 Å². The third-order valence-corrected chi connectivity index (χ3v) is 6.85. The minimum Gasteiger partial charge on any atom is -0.357 e. The molecule has 2 unspecified atom stereocenters. The van der Waals surface area contributed by atoms with Gasteiger partial charge in [-0.2, -0.15) is 0 Å². The average Bonchev–Trinajstić information content (AvgIpc) is 3.32. The zero-order valence-electron chi connectivity index (χ0n) is 18.6. The molecule has 8 nitrogen and oxygen atoms in total. The zero-order chi connectivity index (χ0) is 22.3. The highest BCUT2D eigenvalue weighted by molar-refractivity contribution is 7.89. The molecule has 0 bridgehead atoms. The molecule has 0 radical (unpaired) electrons. The molecule has 3 N–H and O–H groups in total. The van der Waals surface area contributed by atoms with E-state index in [0.717, 1.165) is 32.0 Å². The van der Waals surface area contributed by atoms with Crippen LogP contribution in [0.5, 0.6) is 0 Å². The lowest BCUT2D eigenvalue weighted by Crippen LogP contribution is -2.45. The van der Waals surface area contributed by atoms with Gasteiger partial charge in [0.25, 0.3) is 0 Å². The average molecular weight is 447 g/mol. The van der Waals surface area contributed by atoms with Crippen molar-refractivity contribution in [3.05, 3.63) is 54.4 Å². The van der Waals surface area contributed by atoms with Crippen LogP contribution in [0.4, 0.5) is 0 Å². The summed E-state index contributed by atoms with van der Waals surface area (Å²) in [5.74, 6) is 0.722. The molecule has 9 heteroatoms. The highest BCUT2D eigenvalue weighted by atomic mass is 32.2. The Labute approximate surface area is 185 Å². The number of aryl methyl sites for hydroxylation is 1. The second-order valence-corrected chi connectivity index (χ2v) is 9.78. The van der Waals surface area contributed by atoms with Crippen LogP contribution in [-0.2, 0) is 23.6 Å². The molecule has 1 saturated heterocycles. The quantitative estimate of drug-likeness (QED) is 0.309. The number of benzene rings is 1. The van der Waals surface area contributed by atoms with Gasteiger partial charge < -0.3 is 15.2 Å². The SMILES string of the molecule is CCNC(=NCCNS(=O)(=O)c1ccn(C)c1)NC1CC(C)N(Cc2ccccc2)C1. The minimum atomic E-state index is -3.50. The summed E-state index contributed by atoms with van der Waals surface area (Å²) in [4.78, 5) is 7.30. The van der Waals surface area contributed by atoms with E-state index in [4.69, 9.17) is 0 Å². The summed E-state index contributed by atoms with van der Waals surface area (Å²) in [5.41, 5.74) is 1.32. The first-order valence-corrected chi connectivity index (χ1v) is 12.3. The predicted molar refractivity (Wildman–Crippen MR) is 124 cm³/mol. The minimum absolute atomic E-state index is 0.245. The number of nitrogens with zero attached hydrogens (tertiary/aromatic N) is 3. The Morgan fingerprint density at radius 2 is 2.00 bits per heavy atom. The van der Waals surface area contributed by atoms with Crippen LogP contribution in [0.2, 0.25) is 0 Å². The van der Waals surface area contributed by atoms with Crippen molar-refractivity contribution in [2.45, 2.75) is 43.8 Å². The fraction of sp³-hybridized carbons (Fsp3) is 0.500. The molecule has 170 valence electrons. The maximum Gasteiger partial charge on any atom is 0.242 e. The summed E-state index contributed by atoms with van der Waals surface area (Å²) in [6, 6.07) is 12.9. The lowest BCUT2D eigenvalue weighted by Gasteiger charge is -2.21. The number of rotatable bonds is 9. The van der Waals surface area contributed by atoms with Gasteiger partial charge in [-0.15, -0.1) is 0 Å². The number of hydrogen-bond acceptors (Lipinski definition) is 4.